The Morgan fingerprint density at radius 1 is 1.06 bits per heavy atom. The van der Waals surface area contributed by atoms with Gasteiger partial charge in [-0.3, -0.25) is 0 Å². The Hall–Kier alpha value is -0.980. The zero-order valence-corrected chi connectivity index (χ0v) is 10.8. The van der Waals surface area contributed by atoms with E-state index >= 15 is 0 Å². The van der Waals surface area contributed by atoms with Gasteiger partial charge >= 0.3 is 0 Å². The van der Waals surface area contributed by atoms with Gasteiger partial charge in [-0.05, 0) is 41.9 Å². The van der Waals surface area contributed by atoms with E-state index in [1.165, 1.54) is 18.4 Å². The van der Waals surface area contributed by atoms with E-state index in [1.807, 2.05) is 0 Å². The second-order valence-corrected chi connectivity index (χ2v) is 6.09. The standard InChI is InChI=1S/C15H22O/c1-11-9-14(10-11)16-13-7-5-12(6-8-13)15(2,3)4/h5-8,11,14H,9-10H2,1-4H3. The van der Waals surface area contributed by atoms with E-state index in [0.29, 0.717) is 6.10 Å². The van der Waals surface area contributed by atoms with Crippen LogP contribution in [0.15, 0.2) is 24.3 Å². The van der Waals surface area contributed by atoms with Crippen molar-refractivity contribution in [1.82, 2.24) is 0 Å². The molecule has 0 heterocycles. The highest BCUT2D eigenvalue weighted by Gasteiger charge is 2.27. The third kappa shape index (κ3) is 2.58. The average Bonchev–Trinajstić information content (AvgIpc) is 2.15. The molecule has 0 aliphatic heterocycles. The van der Waals surface area contributed by atoms with Crippen LogP contribution in [0.2, 0.25) is 0 Å². The minimum Gasteiger partial charge on any atom is -0.490 e. The number of benzene rings is 1. The first kappa shape index (κ1) is 11.5. The highest BCUT2D eigenvalue weighted by molar-refractivity contribution is 5.31. The van der Waals surface area contributed by atoms with Crippen LogP contribution in [0.3, 0.4) is 0 Å². The van der Waals surface area contributed by atoms with Crippen LogP contribution < -0.4 is 4.74 Å². The summed E-state index contributed by atoms with van der Waals surface area (Å²) in [6.07, 6.45) is 2.87. The molecule has 1 aliphatic carbocycles. The normalized spacial score (nSPS) is 25.0. The van der Waals surface area contributed by atoms with Crippen LogP contribution in [0.4, 0.5) is 0 Å². The van der Waals surface area contributed by atoms with E-state index < -0.39 is 0 Å². The smallest absolute Gasteiger partial charge is 0.119 e. The Labute approximate surface area is 98.8 Å². The molecule has 0 bridgehead atoms. The van der Waals surface area contributed by atoms with Gasteiger partial charge in [-0.25, -0.2) is 0 Å². The summed E-state index contributed by atoms with van der Waals surface area (Å²) in [6.45, 7) is 8.98. The highest BCUT2D eigenvalue weighted by Crippen LogP contribution is 2.31. The maximum absolute atomic E-state index is 5.89. The molecule has 0 spiro atoms. The lowest BCUT2D eigenvalue weighted by atomic mass is 9.84. The van der Waals surface area contributed by atoms with E-state index in [2.05, 4.69) is 52.0 Å². The molecular formula is C15H22O. The molecule has 2 rings (SSSR count). The summed E-state index contributed by atoms with van der Waals surface area (Å²) in [5, 5.41) is 0. The number of rotatable bonds is 2. The molecule has 0 N–H and O–H groups in total. The monoisotopic (exact) mass is 218 g/mol. The van der Waals surface area contributed by atoms with Gasteiger partial charge in [0.05, 0.1) is 6.10 Å². The van der Waals surface area contributed by atoms with Crippen LogP contribution in [0.5, 0.6) is 5.75 Å². The van der Waals surface area contributed by atoms with Gasteiger partial charge in [-0.2, -0.15) is 0 Å². The molecule has 1 aromatic carbocycles. The first-order valence-corrected chi connectivity index (χ1v) is 6.22. The molecule has 1 aliphatic rings. The van der Waals surface area contributed by atoms with E-state index in [0.717, 1.165) is 11.7 Å². The molecule has 1 heteroatoms. The summed E-state index contributed by atoms with van der Waals surface area (Å²) in [5.41, 5.74) is 1.59. The second-order valence-electron chi connectivity index (χ2n) is 6.09. The van der Waals surface area contributed by atoms with Crippen molar-refractivity contribution in [3.63, 3.8) is 0 Å². The van der Waals surface area contributed by atoms with Gasteiger partial charge in [-0.15, -0.1) is 0 Å². The fraction of sp³-hybridized carbons (Fsp3) is 0.600. The predicted octanol–water partition coefficient (Wildman–Crippen LogP) is 4.16. The number of hydrogen-bond acceptors (Lipinski definition) is 1. The molecule has 1 nitrogen and oxygen atoms in total. The minimum atomic E-state index is 0.226. The van der Waals surface area contributed by atoms with E-state index in [-0.39, 0.29) is 5.41 Å². The highest BCUT2D eigenvalue weighted by atomic mass is 16.5. The predicted molar refractivity (Wildman–Crippen MR) is 68.0 cm³/mol. The van der Waals surface area contributed by atoms with E-state index in [4.69, 9.17) is 4.74 Å². The summed E-state index contributed by atoms with van der Waals surface area (Å²) in [5.74, 6) is 1.86. The lowest BCUT2D eigenvalue weighted by molar-refractivity contribution is 0.0738. The van der Waals surface area contributed by atoms with Gasteiger partial charge in [0.25, 0.3) is 0 Å². The van der Waals surface area contributed by atoms with Crippen molar-refractivity contribution < 1.29 is 4.74 Å². The Morgan fingerprint density at radius 3 is 2.06 bits per heavy atom. The van der Waals surface area contributed by atoms with E-state index in [1.54, 1.807) is 0 Å². The van der Waals surface area contributed by atoms with Crippen molar-refractivity contribution in [3.8, 4) is 5.75 Å². The molecule has 16 heavy (non-hydrogen) atoms. The fourth-order valence-electron chi connectivity index (χ4n) is 2.15. The molecule has 0 atom stereocenters. The van der Waals surface area contributed by atoms with Crippen molar-refractivity contribution in [1.29, 1.82) is 0 Å². The third-order valence-corrected chi connectivity index (χ3v) is 3.35. The average molecular weight is 218 g/mol. The van der Waals surface area contributed by atoms with Gasteiger partial charge in [0.1, 0.15) is 5.75 Å². The zero-order chi connectivity index (χ0) is 11.8. The molecule has 1 fully saturated rings. The minimum absolute atomic E-state index is 0.226. The van der Waals surface area contributed by atoms with Crippen molar-refractivity contribution >= 4 is 0 Å². The first-order chi connectivity index (χ1) is 7.45. The topological polar surface area (TPSA) is 9.23 Å². The molecule has 0 amide bonds. The lowest BCUT2D eigenvalue weighted by Crippen LogP contribution is -2.31. The fourth-order valence-corrected chi connectivity index (χ4v) is 2.15. The van der Waals surface area contributed by atoms with Crippen molar-refractivity contribution in [2.24, 2.45) is 5.92 Å². The zero-order valence-electron chi connectivity index (χ0n) is 10.8. The molecule has 88 valence electrons. The summed E-state index contributed by atoms with van der Waals surface area (Å²) in [7, 11) is 0. The van der Waals surface area contributed by atoms with Gasteiger partial charge in [0, 0.05) is 0 Å². The van der Waals surface area contributed by atoms with Gasteiger partial charge in [-0.1, -0.05) is 39.8 Å². The number of hydrogen-bond donors (Lipinski definition) is 0. The molecule has 0 saturated heterocycles. The molecule has 0 aromatic heterocycles. The van der Waals surface area contributed by atoms with Gasteiger partial charge in [0.15, 0.2) is 0 Å². The Morgan fingerprint density at radius 2 is 1.62 bits per heavy atom. The summed E-state index contributed by atoms with van der Waals surface area (Å²) in [6, 6.07) is 8.56. The molecule has 1 saturated carbocycles. The lowest BCUT2D eigenvalue weighted by Gasteiger charge is -2.33. The van der Waals surface area contributed by atoms with Crippen molar-refractivity contribution in [3.05, 3.63) is 29.8 Å². The summed E-state index contributed by atoms with van der Waals surface area (Å²) >= 11 is 0. The quantitative estimate of drug-likeness (QED) is 0.724. The summed E-state index contributed by atoms with van der Waals surface area (Å²) < 4.78 is 5.89. The molecule has 1 aromatic rings. The summed E-state index contributed by atoms with van der Waals surface area (Å²) in [4.78, 5) is 0. The third-order valence-electron chi connectivity index (χ3n) is 3.35. The van der Waals surface area contributed by atoms with Gasteiger partial charge < -0.3 is 4.74 Å². The maximum Gasteiger partial charge on any atom is 0.119 e. The molecule has 0 unspecified atom stereocenters. The van der Waals surface area contributed by atoms with Gasteiger partial charge in [0.2, 0.25) is 0 Å². The van der Waals surface area contributed by atoms with Crippen molar-refractivity contribution in [2.75, 3.05) is 0 Å². The van der Waals surface area contributed by atoms with Crippen LogP contribution in [-0.2, 0) is 5.41 Å². The van der Waals surface area contributed by atoms with Crippen LogP contribution in [0, 0.1) is 5.92 Å². The Kier molecular flexibility index (Phi) is 2.96. The Balaban J connectivity index is 1.97. The van der Waals surface area contributed by atoms with Crippen LogP contribution >= 0.6 is 0 Å². The van der Waals surface area contributed by atoms with Crippen LogP contribution in [-0.4, -0.2) is 6.10 Å². The molecule has 0 radical (unpaired) electrons. The van der Waals surface area contributed by atoms with Crippen LogP contribution in [0.25, 0.3) is 0 Å². The Bertz CT molecular complexity index is 339. The SMILES string of the molecule is CC1CC(Oc2ccc(C(C)(C)C)cc2)C1. The van der Waals surface area contributed by atoms with E-state index in [9.17, 15) is 0 Å². The first-order valence-electron chi connectivity index (χ1n) is 6.22. The number of ether oxygens (including phenoxy) is 1. The van der Waals surface area contributed by atoms with Crippen LogP contribution in [0.1, 0.15) is 46.1 Å². The molecular weight excluding hydrogens is 196 g/mol. The second kappa shape index (κ2) is 4.12. The van der Waals surface area contributed by atoms with Crippen molar-refractivity contribution in [2.45, 2.75) is 52.1 Å². The maximum atomic E-state index is 5.89. The largest absolute Gasteiger partial charge is 0.490 e.